The maximum absolute atomic E-state index is 6.82. The second-order valence-corrected chi connectivity index (χ2v) is 2.44. The Kier molecular flexibility index (Phi) is 2.69. The summed E-state index contributed by atoms with van der Waals surface area (Å²) < 4.78 is 0. The third-order valence-corrected chi connectivity index (χ3v) is 1.75. The molecule has 0 radical (unpaired) electrons. The van der Waals surface area contributed by atoms with Crippen molar-refractivity contribution in [2.45, 2.75) is 5.88 Å². The molecule has 0 aliphatic rings. The topological polar surface area (TPSA) is 8.72 Å². The monoisotopic (exact) mass is 176 g/mol. The average molecular weight is 177 g/mol. The van der Waals surface area contributed by atoms with Gasteiger partial charge >= 0.3 is 0 Å². The van der Waals surface area contributed by atoms with Crippen molar-refractivity contribution in [1.82, 2.24) is 0 Å². The molecule has 0 saturated heterocycles. The molecule has 1 rings (SSSR count). The van der Waals surface area contributed by atoms with E-state index in [0.29, 0.717) is 17.3 Å². The molecule has 0 spiro atoms. The molecule has 12 heavy (non-hydrogen) atoms. The molecule has 3 heteroatoms. The van der Waals surface area contributed by atoms with Crippen molar-refractivity contribution in [2.75, 3.05) is 0 Å². The highest BCUT2D eigenvalue weighted by molar-refractivity contribution is 6.17. The predicted molar refractivity (Wildman–Crippen MR) is 48.5 cm³/mol. The molecule has 0 bridgehead atoms. The van der Waals surface area contributed by atoms with Gasteiger partial charge in [-0.25, -0.2) is 9.69 Å². The molecule has 58 valence electrons. The Morgan fingerprint density at radius 2 is 2.00 bits per heavy atom. The minimum absolute atomic E-state index is 0.315. The summed E-state index contributed by atoms with van der Waals surface area (Å²) in [5, 5.41) is 0. The van der Waals surface area contributed by atoms with Gasteiger partial charge in [-0.15, -0.1) is 11.6 Å². The predicted octanol–water partition coefficient (Wildman–Crippen LogP) is 3.53. The standard InChI is InChI=1S/C9H5ClN2/c1-11-8-4-3-7(6-10)9(5-8)12-2/h3-5H,6H2. The van der Waals surface area contributed by atoms with Gasteiger partial charge in [-0.3, -0.25) is 0 Å². The molecule has 0 aliphatic heterocycles. The summed E-state index contributed by atoms with van der Waals surface area (Å²) in [4.78, 5) is 6.49. The number of nitrogens with zero attached hydrogens (tertiary/aromatic N) is 2. The number of hydrogen-bond acceptors (Lipinski definition) is 0. The lowest BCUT2D eigenvalue weighted by atomic mass is 10.2. The normalized spacial score (nSPS) is 8.58. The van der Waals surface area contributed by atoms with Crippen LogP contribution in [0.15, 0.2) is 18.2 Å². The zero-order valence-corrected chi connectivity index (χ0v) is 6.97. The van der Waals surface area contributed by atoms with Crippen LogP contribution in [0.4, 0.5) is 11.4 Å². The first-order chi connectivity index (χ1) is 5.81. The average Bonchev–Trinajstić information content (AvgIpc) is 2.16. The molecule has 2 nitrogen and oxygen atoms in total. The van der Waals surface area contributed by atoms with Crippen molar-refractivity contribution in [3.8, 4) is 0 Å². The number of alkyl halides is 1. The van der Waals surface area contributed by atoms with Crippen LogP contribution < -0.4 is 0 Å². The SMILES string of the molecule is [C-]#[N+]c1ccc(CCl)c([N+]#[C-])c1. The van der Waals surface area contributed by atoms with Crippen LogP contribution in [0.3, 0.4) is 0 Å². The van der Waals surface area contributed by atoms with E-state index in [4.69, 9.17) is 24.7 Å². The van der Waals surface area contributed by atoms with Crippen LogP contribution in [0.25, 0.3) is 9.69 Å². The zero-order chi connectivity index (χ0) is 8.97. The molecule has 0 N–H and O–H groups in total. The number of hydrogen-bond donors (Lipinski definition) is 0. The molecule has 0 unspecified atom stereocenters. The van der Waals surface area contributed by atoms with Crippen LogP contribution in [0.5, 0.6) is 0 Å². The molecule has 0 amide bonds. The third-order valence-electron chi connectivity index (χ3n) is 1.46. The first-order valence-electron chi connectivity index (χ1n) is 3.25. The number of rotatable bonds is 1. The Labute approximate surface area is 76.0 Å². The van der Waals surface area contributed by atoms with Crippen LogP contribution in [0.2, 0.25) is 0 Å². The van der Waals surface area contributed by atoms with Crippen molar-refractivity contribution in [3.63, 3.8) is 0 Å². The van der Waals surface area contributed by atoms with E-state index in [1.165, 1.54) is 0 Å². The minimum atomic E-state index is 0.315. The molecule has 0 atom stereocenters. The Bertz CT molecular complexity index is 371. The van der Waals surface area contributed by atoms with Gasteiger partial charge in [-0.2, -0.15) is 0 Å². The highest BCUT2D eigenvalue weighted by Crippen LogP contribution is 2.26. The van der Waals surface area contributed by atoms with E-state index >= 15 is 0 Å². The van der Waals surface area contributed by atoms with E-state index in [1.807, 2.05) is 0 Å². The largest absolute Gasteiger partial charge is 0.240 e. The number of halogens is 1. The highest BCUT2D eigenvalue weighted by atomic mass is 35.5. The van der Waals surface area contributed by atoms with E-state index in [2.05, 4.69) is 9.69 Å². The van der Waals surface area contributed by atoms with E-state index in [0.717, 1.165) is 5.56 Å². The fourth-order valence-electron chi connectivity index (χ4n) is 0.839. The first kappa shape index (κ1) is 8.59. The van der Waals surface area contributed by atoms with Crippen LogP contribution in [0, 0.1) is 13.1 Å². The molecular weight excluding hydrogens is 172 g/mol. The molecule has 0 aromatic heterocycles. The molecule has 0 aliphatic carbocycles. The summed E-state index contributed by atoms with van der Waals surface area (Å²) in [5.41, 5.74) is 1.73. The van der Waals surface area contributed by atoms with Crippen LogP contribution >= 0.6 is 11.6 Å². The second kappa shape index (κ2) is 3.76. The van der Waals surface area contributed by atoms with Crippen LogP contribution in [0.1, 0.15) is 5.56 Å². The third kappa shape index (κ3) is 1.56. The highest BCUT2D eigenvalue weighted by Gasteiger charge is 2.01. The van der Waals surface area contributed by atoms with Crippen molar-refractivity contribution in [2.24, 2.45) is 0 Å². The van der Waals surface area contributed by atoms with Gasteiger partial charge in [-0.05, 0) is 5.56 Å². The summed E-state index contributed by atoms with van der Waals surface area (Å²) in [6.45, 7) is 13.6. The summed E-state index contributed by atoms with van der Waals surface area (Å²) in [7, 11) is 0. The number of benzene rings is 1. The lowest BCUT2D eigenvalue weighted by Crippen LogP contribution is -1.75. The van der Waals surface area contributed by atoms with E-state index in [9.17, 15) is 0 Å². The summed E-state index contributed by atoms with van der Waals surface area (Å²) in [5.74, 6) is 0.315. The van der Waals surface area contributed by atoms with Gasteiger partial charge in [0.05, 0.1) is 13.1 Å². The van der Waals surface area contributed by atoms with Gasteiger partial charge in [0.1, 0.15) is 0 Å². The lowest BCUT2D eigenvalue weighted by Gasteiger charge is -1.98. The zero-order valence-electron chi connectivity index (χ0n) is 6.21. The lowest BCUT2D eigenvalue weighted by molar-refractivity contribution is 1.42. The van der Waals surface area contributed by atoms with Crippen LogP contribution in [-0.4, -0.2) is 0 Å². The van der Waals surface area contributed by atoms with E-state index in [1.54, 1.807) is 18.2 Å². The molecule has 1 aromatic carbocycles. The van der Waals surface area contributed by atoms with Gasteiger partial charge < -0.3 is 0 Å². The van der Waals surface area contributed by atoms with E-state index < -0.39 is 0 Å². The maximum Gasteiger partial charge on any atom is 0.181 e. The summed E-state index contributed by atoms with van der Waals surface area (Å²) in [6.07, 6.45) is 0. The Morgan fingerprint density at radius 3 is 2.50 bits per heavy atom. The van der Waals surface area contributed by atoms with E-state index in [-0.39, 0.29) is 0 Å². The fraction of sp³-hybridized carbons (Fsp3) is 0.111. The Balaban J connectivity index is 3.24. The molecule has 0 heterocycles. The summed E-state index contributed by atoms with van der Waals surface area (Å²) in [6, 6.07) is 4.94. The maximum atomic E-state index is 6.82. The minimum Gasteiger partial charge on any atom is -0.240 e. The molecular formula is C9H5ClN2. The van der Waals surface area contributed by atoms with Gasteiger partial charge in [0.25, 0.3) is 0 Å². The van der Waals surface area contributed by atoms with Crippen molar-refractivity contribution in [1.29, 1.82) is 0 Å². The van der Waals surface area contributed by atoms with Gasteiger partial charge in [0, 0.05) is 5.88 Å². The Morgan fingerprint density at radius 1 is 1.25 bits per heavy atom. The van der Waals surface area contributed by atoms with Crippen molar-refractivity contribution >= 4 is 23.0 Å². The van der Waals surface area contributed by atoms with Gasteiger partial charge in [-0.1, -0.05) is 18.2 Å². The molecule has 0 saturated carbocycles. The van der Waals surface area contributed by atoms with Gasteiger partial charge in [0.2, 0.25) is 0 Å². The van der Waals surface area contributed by atoms with Crippen molar-refractivity contribution in [3.05, 3.63) is 46.6 Å². The quantitative estimate of drug-likeness (QED) is 0.457. The fourth-order valence-corrected chi connectivity index (χ4v) is 1.06. The summed E-state index contributed by atoms with van der Waals surface area (Å²) >= 11 is 5.59. The molecule has 1 aromatic rings. The smallest absolute Gasteiger partial charge is 0.181 e. The Hall–Kier alpha value is -1.51. The van der Waals surface area contributed by atoms with Crippen LogP contribution in [-0.2, 0) is 5.88 Å². The second-order valence-electron chi connectivity index (χ2n) is 2.17. The van der Waals surface area contributed by atoms with Gasteiger partial charge in [0.15, 0.2) is 11.4 Å². The first-order valence-corrected chi connectivity index (χ1v) is 3.79. The molecule has 0 fully saturated rings. The van der Waals surface area contributed by atoms with Crippen molar-refractivity contribution < 1.29 is 0 Å².